The molecule has 0 radical (unpaired) electrons. The summed E-state index contributed by atoms with van der Waals surface area (Å²) in [5.41, 5.74) is 1.59. The van der Waals surface area contributed by atoms with Crippen LogP contribution in [0.5, 0.6) is 0 Å². The Morgan fingerprint density at radius 2 is 1.38 bits per heavy atom. The van der Waals surface area contributed by atoms with Gasteiger partial charge in [-0.25, -0.2) is 0 Å². The highest BCUT2D eigenvalue weighted by Gasteiger charge is 2.69. The van der Waals surface area contributed by atoms with Crippen molar-refractivity contribution in [2.24, 2.45) is 46.3 Å². The van der Waals surface area contributed by atoms with Crippen LogP contribution in [0.2, 0.25) is 0 Å². The molecule has 0 aromatic carbocycles. The van der Waals surface area contributed by atoms with E-state index < -0.39 is 105 Å². The molecule has 348 valence electrons. The van der Waals surface area contributed by atoms with E-state index in [-0.39, 0.29) is 23.0 Å². The van der Waals surface area contributed by atoms with Gasteiger partial charge in [0.25, 0.3) is 0 Å². The molecule has 0 bridgehead atoms. The predicted octanol–water partition coefficient (Wildman–Crippen LogP) is 1.24. The van der Waals surface area contributed by atoms with Gasteiger partial charge in [0.2, 0.25) is 0 Å². The average Bonchev–Trinajstić information content (AvgIpc) is 3.68. The van der Waals surface area contributed by atoms with Gasteiger partial charge in [0, 0.05) is 12.3 Å². The monoisotopic (exact) mass is 868 g/mol. The third-order valence-electron chi connectivity index (χ3n) is 17.6. The SMILES string of the molecule is C[C@@H]1CC[C@@]2(OC1)O[C@H]1C[C@H]3[C@@H]4CC=C5C[C@@H](O[C@@H]6O[C@H](CO)[C@@H](O)[C@H](O[C@@H]7O[C@@H](C)[C@H](O)[C@@H](O)[C@H]7O[C@@H]7O[C@@H](C)[C@H](O)[C@@H](O)[C@H]7O)[C@H]6O)CC[C@]5(C)[C@H]4CC[C@]3(C)[C@H]1[C@@H]2C. The molecule has 26 atom stereocenters. The number of hydrogen-bond acceptors (Lipinski definition) is 16. The quantitative estimate of drug-likeness (QED) is 0.168. The number of ether oxygens (including phenoxy) is 8. The van der Waals surface area contributed by atoms with Crippen LogP contribution in [0.3, 0.4) is 0 Å². The molecule has 9 rings (SSSR count). The van der Waals surface area contributed by atoms with Gasteiger partial charge in [-0.3, -0.25) is 0 Å². The van der Waals surface area contributed by atoms with E-state index in [1.54, 1.807) is 0 Å². The molecule has 16 nitrogen and oxygen atoms in total. The minimum absolute atomic E-state index is 0.0105. The summed E-state index contributed by atoms with van der Waals surface area (Å²) in [5.74, 6) is 2.73. The minimum atomic E-state index is -1.73. The molecule has 5 saturated heterocycles. The van der Waals surface area contributed by atoms with Crippen LogP contribution in [0.4, 0.5) is 0 Å². The number of aliphatic hydroxyl groups is 8. The van der Waals surface area contributed by atoms with Crippen LogP contribution >= 0.6 is 0 Å². The van der Waals surface area contributed by atoms with Crippen LogP contribution in [0.15, 0.2) is 11.6 Å². The molecule has 0 amide bonds. The Morgan fingerprint density at radius 1 is 0.689 bits per heavy atom. The van der Waals surface area contributed by atoms with Gasteiger partial charge in [-0.05, 0) is 106 Å². The summed E-state index contributed by atoms with van der Waals surface area (Å²) in [7, 11) is 0. The van der Waals surface area contributed by atoms with Gasteiger partial charge in [0.05, 0.1) is 37.6 Å². The third-order valence-corrected chi connectivity index (χ3v) is 17.6. The molecule has 8 fully saturated rings. The molecule has 5 aliphatic heterocycles. The predicted molar refractivity (Wildman–Crippen MR) is 213 cm³/mol. The molecule has 5 heterocycles. The van der Waals surface area contributed by atoms with Gasteiger partial charge in [0.1, 0.15) is 61.0 Å². The normalized spacial score (nSPS) is 58.4. The number of allylic oxidation sites excluding steroid dienone is 1. The van der Waals surface area contributed by atoms with Gasteiger partial charge in [-0.15, -0.1) is 0 Å². The first kappa shape index (κ1) is 45.3. The largest absolute Gasteiger partial charge is 0.394 e. The zero-order valence-corrected chi connectivity index (χ0v) is 36.5. The van der Waals surface area contributed by atoms with Crippen molar-refractivity contribution in [1.29, 1.82) is 0 Å². The second-order valence-corrected chi connectivity index (χ2v) is 21.1. The first-order valence-corrected chi connectivity index (χ1v) is 23.2. The molecule has 9 aliphatic rings. The number of aliphatic hydroxyl groups excluding tert-OH is 8. The van der Waals surface area contributed by atoms with E-state index in [9.17, 15) is 40.9 Å². The van der Waals surface area contributed by atoms with Gasteiger partial charge in [-0.2, -0.15) is 0 Å². The lowest BCUT2D eigenvalue weighted by Gasteiger charge is -2.58. The van der Waals surface area contributed by atoms with Crippen LogP contribution in [-0.2, 0) is 37.9 Å². The van der Waals surface area contributed by atoms with Crippen molar-refractivity contribution in [2.45, 2.75) is 209 Å². The molecule has 4 aliphatic carbocycles. The first-order valence-electron chi connectivity index (χ1n) is 23.2. The Hall–Kier alpha value is -0.900. The zero-order chi connectivity index (χ0) is 43.5. The van der Waals surface area contributed by atoms with Crippen molar-refractivity contribution >= 4 is 0 Å². The second kappa shape index (κ2) is 16.8. The summed E-state index contributed by atoms with van der Waals surface area (Å²) in [5, 5.41) is 86.4. The summed E-state index contributed by atoms with van der Waals surface area (Å²) in [6.45, 7) is 12.7. The number of hydrogen-bond donors (Lipinski definition) is 8. The Kier molecular flexibility index (Phi) is 12.4. The van der Waals surface area contributed by atoms with Crippen molar-refractivity contribution in [3.63, 3.8) is 0 Å². The van der Waals surface area contributed by atoms with Crippen LogP contribution in [-0.4, -0.2) is 164 Å². The van der Waals surface area contributed by atoms with Crippen LogP contribution in [0, 0.1) is 46.3 Å². The summed E-state index contributed by atoms with van der Waals surface area (Å²) in [6.07, 6.45) is -10.4. The lowest BCUT2D eigenvalue weighted by Crippen LogP contribution is -2.66. The smallest absolute Gasteiger partial charge is 0.187 e. The van der Waals surface area contributed by atoms with E-state index >= 15 is 0 Å². The summed E-state index contributed by atoms with van der Waals surface area (Å²) < 4.78 is 49.5. The zero-order valence-electron chi connectivity index (χ0n) is 36.5. The fourth-order valence-corrected chi connectivity index (χ4v) is 14.0. The van der Waals surface area contributed by atoms with Crippen molar-refractivity contribution in [1.82, 2.24) is 0 Å². The van der Waals surface area contributed by atoms with Crippen LogP contribution < -0.4 is 0 Å². The molecule has 8 N–H and O–H groups in total. The lowest BCUT2D eigenvalue weighted by molar-refractivity contribution is -0.387. The van der Waals surface area contributed by atoms with Crippen LogP contribution in [0.1, 0.15) is 99.3 Å². The molecule has 3 saturated carbocycles. The number of fused-ring (bicyclic) bond motifs is 7. The standard InChI is InChI=1S/C45H72O16/c1-19-9-14-45(54-18-19)20(2)30-28(61-45)16-27-25-8-7-23-15-24(10-12-43(23,5)26(25)11-13-44(27,30)6)57-41-37(53)38(33(49)29(17-46)58-41)59-42-39(35(51)32(48)22(4)56-42)60-40-36(52)34(50)31(47)21(3)55-40/h7,19-22,24-42,46-53H,8-18H2,1-6H3/t19-,20+,21+,22+,24+,25-,26+,27+,28+,29-,30+,31+,32+,33-,34-,35-,36-,37-,38+,39-,40+,41-,42+,43+,44+,45-/m1/s1. The van der Waals surface area contributed by atoms with Crippen molar-refractivity contribution in [3.8, 4) is 0 Å². The maximum absolute atomic E-state index is 11.8. The lowest BCUT2D eigenvalue weighted by atomic mass is 9.47. The van der Waals surface area contributed by atoms with Gasteiger partial charge in [-0.1, -0.05) is 39.3 Å². The van der Waals surface area contributed by atoms with E-state index in [1.165, 1.54) is 32.3 Å². The Balaban J connectivity index is 0.872. The third kappa shape index (κ3) is 7.42. The van der Waals surface area contributed by atoms with Gasteiger partial charge < -0.3 is 78.7 Å². The van der Waals surface area contributed by atoms with Gasteiger partial charge >= 0.3 is 0 Å². The minimum Gasteiger partial charge on any atom is -0.394 e. The second-order valence-electron chi connectivity index (χ2n) is 21.1. The van der Waals surface area contributed by atoms with Crippen molar-refractivity contribution < 1.29 is 78.7 Å². The summed E-state index contributed by atoms with van der Waals surface area (Å²) in [6, 6.07) is 0. The fraction of sp³-hybridized carbons (Fsp3) is 0.956. The molecular weight excluding hydrogens is 796 g/mol. The van der Waals surface area contributed by atoms with E-state index in [0.29, 0.717) is 41.9 Å². The van der Waals surface area contributed by atoms with E-state index in [2.05, 4.69) is 33.8 Å². The molecule has 61 heavy (non-hydrogen) atoms. The average molecular weight is 869 g/mol. The topological polar surface area (TPSA) is 236 Å². The van der Waals surface area contributed by atoms with Crippen molar-refractivity contribution in [2.75, 3.05) is 13.2 Å². The molecule has 0 unspecified atom stereocenters. The Labute approximate surface area is 358 Å². The molecule has 0 aromatic rings. The molecular formula is C45H72O16. The van der Waals surface area contributed by atoms with Crippen LogP contribution in [0.25, 0.3) is 0 Å². The Bertz CT molecular complexity index is 1590. The molecule has 16 heteroatoms. The highest BCUT2D eigenvalue weighted by molar-refractivity contribution is 5.26. The number of rotatable bonds is 7. The van der Waals surface area contributed by atoms with E-state index in [4.69, 9.17) is 37.9 Å². The first-order chi connectivity index (χ1) is 28.9. The Morgan fingerprint density at radius 3 is 2.08 bits per heavy atom. The van der Waals surface area contributed by atoms with E-state index in [1.807, 2.05) is 0 Å². The van der Waals surface area contributed by atoms with Crippen molar-refractivity contribution in [3.05, 3.63) is 11.6 Å². The summed E-state index contributed by atoms with van der Waals surface area (Å²) in [4.78, 5) is 0. The fourth-order valence-electron chi connectivity index (χ4n) is 14.0. The summed E-state index contributed by atoms with van der Waals surface area (Å²) >= 11 is 0. The molecule has 0 aromatic heterocycles. The van der Waals surface area contributed by atoms with E-state index in [0.717, 1.165) is 45.1 Å². The highest BCUT2D eigenvalue weighted by Crippen LogP contribution is 2.70. The maximum atomic E-state index is 11.8. The van der Waals surface area contributed by atoms with Gasteiger partial charge in [0.15, 0.2) is 24.7 Å². The highest BCUT2D eigenvalue weighted by atomic mass is 16.8. The maximum Gasteiger partial charge on any atom is 0.187 e. The molecule has 1 spiro atoms.